The van der Waals surface area contributed by atoms with Gasteiger partial charge < -0.3 is 10.6 Å². The summed E-state index contributed by atoms with van der Waals surface area (Å²) in [6.45, 7) is 6.31. The SMILES string of the molecule is Cc1ccc(CCCC(=O)NC2CCNCC2C)cc1. The largest absolute Gasteiger partial charge is 0.353 e. The predicted molar refractivity (Wildman–Crippen MR) is 82.7 cm³/mol. The van der Waals surface area contributed by atoms with Gasteiger partial charge in [0.05, 0.1) is 0 Å². The molecule has 20 heavy (non-hydrogen) atoms. The Morgan fingerprint density at radius 2 is 2.10 bits per heavy atom. The molecule has 0 bridgehead atoms. The first-order valence-corrected chi connectivity index (χ1v) is 7.71. The average Bonchev–Trinajstić information content (AvgIpc) is 2.44. The summed E-state index contributed by atoms with van der Waals surface area (Å²) in [7, 11) is 0. The zero-order chi connectivity index (χ0) is 14.4. The highest BCUT2D eigenvalue weighted by molar-refractivity contribution is 5.76. The highest BCUT2D eigenvalue weighted by Gasteiger charge is 2.22. The Labute approximate surface area is 122 Å². The lowest BCUT2D eigenvalue weighted by molar-refractivity contribution is -0.122. The molecule has 1 amide bonds. The Bertz CT molecular complexity index is 427. The van der Waals surface area contributed by atoms with Crippen molar-refractivity contribution in [3.8, 4) is 0 Å². The van der Waals surface area contributed by atoms with E-state index in [1.807, 2.05) is 0 Å². The van der Waals surface area contributed by atoms with Crippen molar-refractivity contribution in [1.29, 1.82) is 0 Å². The third-order valence-electron chi connectivity index (χ3n) is 4.12. The van der Waals surface area contributed by atoms with Crippen molar-refractivity contribution in [1.82, 2.24) is 10.6 Å². The predicted octanol–water partition coefficient (Wildman–Crippen LogP) is 2.43. The van der Waals surface area contributed by atoms with Gasteiger partial charge in [0.25, 0.3) is 0 Å². The standard InChI is InChI=1S/C17H26N2O/c1-13-6-8-15(9-7-13)4-3-5-17(20)19-16-10-11-18-12-14(16)2/h6-9,14,16,18H,3-5,10-12H2,1-2H3,(H,19,20). The molecular weight excluding hydrogens is 248 g/mol. The van der Waals surface area contributed by atoms with Crippen molar-refractivity contribution in [2.45, 2.75) is 45.6 Å². The van der Waals surface area contributed by atoms with E-state index < -0.39 is 0 Å². The van der Waals surface area contributed by atoms with Crippen LogP contribution in [0.15, 0.2) is 24.3 Å². The van der Waals surface area contributed by atoms with E-state index in [9.17, 15) is 4.79 Å². The first-order valence-electron chi connectivity index (χ1n) is 7.71. The molecule has 1 aliphatic heterocycles. The Morgan fingerprint density at radius 3 is 2.80 bits per heavy atom. The van der Waals surface area contributed by atoms with Crippen LogP contribution in [0.1, 0.15) is 37.3 Å². The number of aryl methyl sites for hydroxylation is 2. The average molecular weight is 274 g/mol. The van der Waals surface area contributed by atoms with E-state index in [-0.39, 0.29) is 5.91 Å². The van der Waals surface area contributed by atoms with Crippen molar-refractivity contribution in [3.05, 3.63) is 35.4 Å². The molecule has 0 radical (unpaired) electrons. The number of carbonyl (C=O) groups is 1. The van der Waals surface area contributed by atoms with Crippen LogP contribution >= 0.6 is 0 Å². The van der Waals surface area contributed by atoms with Crippen molar-refractivity contribution >= 4 is 5.91 Å². The number of benzene rings is 1. The van der Waals surface area contributed by atoms with Crippen molar-refractivity contribution in [3.63, 3.8) is 0 Å². The van der Waals surface area contributed by atoms with E-state index in [1.54, 1.807) is 0 Å². The van der Waals surface area contributed by atoms with Gasteiger partial charge >= 0.3 is 0 Å². The van der Waals surface area contributed by atoms with E-state index in [4.69, 9.17) is 0 Å². The molecule has 0 spiro atoms. The number of hydrogen-bond acceptors (Lipinski definition) is 2. The zero-order valence-corrected chi connectivity index (χ0v) is 12.6. The van der Waals surface area contributed by atoms with Crippen LogP contribution in [0.5, 0.6) is 0 Å². The van der Waals surface area contributed by atoms with E-state index in [1.165, 1.54) is 11.1 Å². The van der Waals surface area contributed by atoms with E-state index >= 15 is 0 Å². The first kappa shape index (κ1) is 15.0. The van der Waals surface area contributed by atoms with Gasteiger partial charge in [-0.05, 0) is 50.8 Å². The van der Waals surface area contributed by atoms with Crippen LogP contribution < -0.4 is 10.6 Å². The minimum absolute atomic E-state index is 0.205. The van der Waals surface area contributed by atoms with Gasteiger partial charge in [-0.25, -0.2) is 0 Å². The van der Waals surface area contributed by atoms with Gasteiger partial charge in [0, 0.05) is 12.5 Å². The lowest BCUT2D eigenvalue weighted by Gasteiger charge is -2.30. The second-order valence-corrected chi connectivity index (χ2v) is 5.98. The monoisotopic (exact) mass is 274 g/mol. The molecular formula is C17H26N2O. The van der Waals surface area contributed by atoms with Crippen LogP contribution in [0, 0.1) is 12.8 Å². The fraction of sp³-hybridized carbons (Fsp3) is 0.588. The molecule has 0 aromatic heterocycles. The lowest BCUT2D eigenvalue weighted by atomic mass is 9.95. The third-order valence-corrected chi connectivity index (χ3v) is 4.12. The topological polar surface area (TPSA) is 41.1 Å². The second-order valence-electron chi connectivity index (χ2n) is 5.98. The normalized spacial score (nSPS) is 22.5. The molecule has 2 unspecified atom stereocenters. The van der Waals surface area contributed by atoms with E-state index in [2.05, 4.69) is 48.7 Å². The maximum absolute atomic E-state index is 12.0. The summed E-state index contributed by atoms with van der Waals surface area (Å²) < 4.78 is 0. The molecule has 3 heteroatoms. The van der Waals surface area contributed by atoms with E-state index in [0.717, 1.165) is 32.4 Å². The number of piperidine rings is 1. The number of hydrogen-bond donors (Lipinski definition) is 2. The van der Waals surface area contributed by atoms with Gasteiger partial charge in [0.1, 0.15) is 0 Å². The molecule has 1 aromatic carbocycles. The maximum Gasteiger partial charge on any atom is 0.220 e. The van der Waals surface area contributed by atoms with Crippen LogP contribution in [0.25, 0.3) is 0 Å². The summed E-state index contributed by atoms with van der Waals surface area (Å²) >= 11 is 0. The highest BCUT2D eigenvalue weighted by Crippen LogP contribution is 2.11. The van der Waals surface area contributed by atoms with Gasteiger partial charge in [0.2, 0.25) is 5.91 Å². The highest BCUT2D eigenvalue weighted by atomic mass is 16.1. The molecule has 110 valence electrons. The molecule has 2 atom stereocenters. The molecule has 1 fully saturated rings. The van der Waals surface area contributed by atoms with Gasteiger partial charge in [0.15, 0.2) is 0 Å². The summed E-state index contributed by atoms with van der Waals surface area (Å²) in [5.41, 5.74) is 2.60. The summed E-state index contributed by atoms with van der Waals surface area (Å²) in [6.07, 6.45) is 3.58. The van der Waals surface area contributed by atoms with Crippen LogP contribution in [0.2, 0.25) is 0 Å². The maximum atomic E-state index is 12.0. The van der Waals surface area contributed by atoms with Crippen LogP contribution in [-0.4, -0.2) is 25.0 Å². The Morgan fingerprint density at radius 1 is 1.35 bits per heavy atom. The Kier molecular flexibility index (Phi) is 5.60. The minimum Gasteiger partial charge on any atom is -0.353 e. The second kappa shape index (κ2) is 7.44. The van der Waals surface area contributed by atoms with Crippen molar-refractivity contribution in [2.75, 3.05) is 13.1 Å². The minimum atomic E-state index is 0.205. The Hall–Kier alpha value is -1.35. The molecule has 0 saturated carbocycles. The van der Waals surface area contributed by atoms with Crippen LogP contribution in [-0.2, 0) is 11.2 Å². The molecule has 0 aliphatic carbocycles. The van der Waals surface area contributed by atoms with Gasteiger partial charge in [-0.15, -0.1) is 0 Å². The fourth-order valence-electron chi connectivity index (χ4n) is 2.72. The molecule has 1 aliphatic rings. The molecule has 1 heterocycles. The fourth-order valence-corrected chi connectivity index (χ4v) is 2.72. The molecule has 2 rings (SSSR count). The molecule has 1 aromatic rings. The summed E-state index contributed by atoms with van der Waals surface area (Å²) in [6, 6.07) is 8.92. The van der Waals surface area contributed by atoms with E-state index in [0.29, 0.717) is 18.4 Å². The van der Waals surface area contributed by atoms with Crippen LogP contribution in [0.3, 0.4) is 0 Å². The number of amides is 1. The lowest BCUT2D eigenvalue weighted by Crippen LogP contribution is -2.48. The number of carbonyl (C=O) groups excluding carboxylic acids is 1. The zero-order valence-electron chi connectivity index (χ0n) is 12.6. The third kappa shape index (κ3) is 4.64. The number of rotatable bonds is 5. The molecule has 1 saturated heterocycles. The number of nitrogens with one attached hydrogen (secondary N) is 2. The summed E-state index contributed by atoms with van der Waals surface area (Å²) in [4.78, 5) is 12.0. The summed E-state index contributed by atoms with van der Waals surface area (Å²) in [5.74, 6) is 0.737. The smallest absolute Gasteiger partial charge is 0.220 e. The van der Waals surface area contributed by atoms with Gasteiger partial charge in [-0.1, -0.05) is 36.8 Å². The molecule has 2 N–H and O–H groups in total. The van der Waals surface area contributed by atoms with Crippen LogP contribution in [0.4, 0.5) is 0 Å². The molecule has 3 nitrogen and oxygen atoms in total. The van der Waals surface area contributed by atoms with Gasteiger partial charge in [-0.2, -0.15) is 0 Å². The Balaban J connectivity index is 1.68. The first-order chi connectivity index (χ1) is 9.65. The quantitative estimate of drug-likeness (QED) is 0.866. The van der Waals surface area contributed by atoms with Crippen molar-refractivity contribution < 1.29 is 4.79 Å². The van der Waals surface area contributed by atoms with Crippen molar-refractivity contribution in [2.24, 2.45) is 5.92 Å². The van der Waals surface area contributed by atoms with Gasteiger partial charge in [-0.3, -0.25) is 4.79 Å². The summed E-state index contributed by atoms with van der Waals surface area (Å²) in [5, 5.41) is 6.54.